The molecule has 1 aliphatic heterocycles. The summed E-state index contributed by atoms with van der Waals surface area (Å²) < 4.78 is 8.62. The molecule has 2 aliphatic rings. The summed E-state index contributed by atoms with van der Waals surface area (Å²) in [5.41, 5.74) is 11.7. The fourth-order valence-electron chi connectivity index (χ4n) is 7.74. The number of nitrogens with zero attached hydrogens (tertiary/aromatic N) is 2. The zero-order valence-corrected chi connectivity index (χ0v) is 24.5. The average Bonchev–Trinajstić information content (AvgIpc) is 3.76. The van der Waals surface area contributed by atoms with Crippen molar-refractivity contribution in [1.29, 1.82) is 0 Å². The van der Waals surface area contributed by atoms with E-state index in [1.165, 1.54) is 49.9 Å². The lowest BCUT2D eigenvalue weighted by molar-refractivity contribution is 0.669. The van der Waals surface area contributed by atoms with Gasteiger partial charge >= 0.3 is 0 Å². The summed E-state index contributed by atoms with van der Waals surface area (Å²) in [6.45, 7) is 0. The molecule has 0 saturated heterocycles. The lowest BCUT2D eigenvalue weighted by Crippen LogP contribution is -2.28. The molecule has 0 bridgehead atoms. The SMILES string of the molecule is C1=CC2c3ccc4c5ccccc5n(-c5cccc(-c6ccc7oc8ccccc8c7c6)c5)c4c3N(c3ccccc3)C2C=C1. The van der Waals surface area contributed by atoms with Gasteiger partial charge in [0.15, 0.2) is 0 Å². The predicted molar refractivity (Wildman–Crippen MR) is 187 cm³/mol. The van der Waals surface area contributed by atoms with Crippen molar-refractivity contribution in [3.05, 3.63) is 163 Å². The number of hydrogen-bond donors (Lipinski definition) is 0. The third-order valence-corrected chi connectivity index (χ3v) is 9.69. The molecule has 0 N–H and O–H groups in total. The predicted octanol–water partition coefficient (Wildman–Crippen LogP) is 11.1. The molecule has 6 aromatic carbocycles. The second-order valence-electron chi connectivity index (χ2n) is 12.1. The first-order chi connectivity index (χ1) is 22.3. The van der Waals surface area contributed by atoms with E-state index >= 15 is 0 Å². The van der Waals surface area contributed by atoms with E-state index in [2.05, 4.69) is 155 Å². The number of furan rings is 1. The Labute approximate surface area is 260 Å². The van der Waals surface area contributed by atoms with E-state index in [9.17, 15) is 0 Å². The zero-order valence-electron chi connectivity index (χ0n) is 24.5. The van der Waals surface area contributed by atoms with Crippen LogP contribution < -0.4 is 4.90 Å². The Hall–Kier alpha value is -5.80. The Bertz CT molecular complexity index is 2510. The van der Waals surface area contributed by atoms with Gasteiger partial charge in [0.25, 0.3) is 0 Å². The molecule has 0 amide bonds. The van der Waals surface area contributed by atoms with Gasteiger partial charge in [-0.2, -0.15) is 0 Å². The maximum Gasteiger partial charge on any atom is 0.135 e. The lowest BCUT2D eigenvalue weighted by Gasteiger charge is -2.29. The van der Waals surface area contributed by atoms with E-state index in [4.69, 9.17) is 4.42 Å². The Balaban J connectivity index is 1.24. The van der Waals surface area contributed by atoms with Gasteiger partial charge in [0.1, 0.15) is 11.2 Å². The number of para-hydroxylation sites is 3. The van der Waals surface area contributed by atoms with Crippen LogP contribution in [0.1, 0.15) is 11.5 Å². The summed E-state index contributed by atoms with van der Waals surface area (Å²) in [6.07, 6.45) is 9.11. The molecule has 3 heterocycles. The van der Waals surface area contributed by atoms with Crippen molar-refractivity contribution < 1.29 is 4.42 Å². The number of aromatic nitrogens is 1. The Morgan fingerprint density at radius 1 is 0.511 bits per heavy atom. The van der Waals surface area contributed by atoms with Crippen molar-refractivity contribution in [3.8, 4) is 16.8 Å². The van der Waals surface area contributed by atoms with Crippen LogP contribution >= 0.6 is 0 Å². The fraction of sp³-hybridized carbons (Fsp3) is 0.0476. The smallest absolute Gasteiger partial charge is 0.135 e. The quantitative estimate of drug-likeness (QED) is 0.209. The van der Waals surface area contributed by atoms with Crippen LogP contribution in [0.4, 0.5) is 11.4 Å². The van der Waals surface area contributed by atoms with Crippen molar-refractivity contribution in [3.63, 3.8) is 0 Å². The van der Waals surface area contributed by atoms with Crippen molar-refractivity contribution in [1.82, 2.24) is 4.57 Å². The van der Waals surface area contributed by atoms with Crippen molar-refractivity contribution in [2.45, 2.75) is 12.0 Å². The van der Waals surface area contributed by atoms with Gasteiger partial charge in [0.2, 0.25) is 0 Å². The Kier molecular flexibility index (Phi) is 5.11. The van der Waals surface area contributed by atoms with Crippen LogP contribution in [0.2, 0.25) is 0 Å². The number of fused-ring (bicyclic) bond motifs is 10. The summed E-state index contributed by atoms with van der Waals surface area (Å²) >= 11 is 0. The maximum absolute atomic E-state index is 6.13. The molecule has 10 rings (SSSR count). The largest absolute Gasteiger partial charge is 0.456 e. The van der Waals surface area contributed by atoms with Gasteiger partial charge in [0, 0.05) is 38.8 Å². The number of anilines is 2. The van der Waals surface area contributed by atoms with Gasteiger partial charge in [-0.15, -0.1) is 0 Å². The first kappa shape index (κ1) is 24.6. The average molecular weight is 577 g/mol. The number of benzene rings is 6. The number of hydrogen-bond acceptors (Lipinski definition) is 2. The van der Waals surface area contributed by atoms with E-state index in [1.807, 2.05) is 12.1 Å². The zero-order chi connectivity index (χ0) is 29.5. The molecule has 0 radical (unpaired) electrons. The highest BCUT2D eigenvalue weighted by atomic mass is 16.3. The van der Waals surface area contributed by atoms with Crippen molar-refractivity contribution >= 4 is 55.1 Å². The highest BCUT2D eigenvalue weighted by Gasteiger charge is 2.39. The lowest BCUT2D eigenvalue weighted by atomic mass is 9.91. The highest BCUT2D eigenvalue weighted by Crippen LogP contribution is 2.52. The Morgan fingerprint density at radius 2 is 1.27 bits per heavy atom. The van der Waals surface area contributed by atoms with Crippen LogP contribution in [0.3, 0.4) is 0 Å². The molecular formula is C42H28N2O. The van der Waals surface area contributed by atoms with E-state index in [0.29, 0.717) is 5.92 Å². The van der Waals surface area contributed by atoms with Gasteiger partial charge < -0.3 is 13.9 Å². The molecule has 3 heteroatoms. The van der Waals surface area contributed by atoms with E-state index in [1.54, 1.807) is 0 Å². The minimum absolute atomic E-state index is 0.229. The molecule has 1 aliphatic carbocycles. The first-order valence-corrected chi connectivity index (χ1v) is 15.6. The molecule has 0 saturated carbocycles. The van der Waals surface area contributed by atoms with Crippen molar-refractivity contribution in [2.75, 3.05) is 4.90 Å². The molecule has 0 fully saturated rings. The van der Waals surface area contributed by atoms with Crippen LogP contribution in [0.15, 0.2) is 162 Å². The highest BCUT2D eigenvalue weighted by molar-refractivity contribution is 6.15. The third-order valence-electron chi connectivity index (χ3n) is 9.69. The molecular weight excluding hydrogens is 548 g/mol. The van der Waals surface area contributed by atoms with Crippen LogP contribution in [0, 0.1) is 0 Å². The number of rotatable bonds is 3. The number of allylic oxidation sites excluding steroid dienone is 2. The minimum Gasteiger partial charge on any atom is -0.456 e. The third kappa shape index (κ3) is 3.52. The topological polar surface area (TPSA) is 21.3 Å². The van der Waals surface area contributed by atoms with Gasteiger partial charge in [-0.05, 0) is 65.2 Å². The van der Waals surface area contributed by atoms with E-state index in [0.717, 1.165) is 27.6 Å². The summed E-state index contributed by atoms with van der Waals surface area (Å²) in [5, 5.41) is 4.83. The molecule has 45 heavy (non-hydrogen) atoms. The summed E-state index contributed by atoms with van der Waals surface area (Å²) in [6, 6.07) is 48.4. The van der Waals surface area contributed by atoms with Crippen molar-refractivity contribution in [2.24, 2.45) is 0 Å². The van der Waals surface area contributed by atoms with Crippen LogP contribution in [0.25, 0.3) is 60.6 Å². The molecule has 2 unspecified atom stereocenters. The monoisotopic (exact) mass is 576 g/mol. The molecule has 0 spiro atoms. The van der Waals surface area contributed by atoms with Crippen LogP contribution in [-0.4, -0.2) is 10.6 Å². The summed E-state index contributed by atoms with van der Waals surface area (Å²) in [4.78, 5) is 2.56. The van der Waals surface area contributed by atoms with Crippen LogP contribution in [-0.2, 0) is 0 Å². The fourth-order valence-corrected chi connectivity index (χ4v) is 7.74. The molecule has 2 aromatic heterocycles. The van der Waals surface area contributed by atoms with Gasteiger partial charge in [0.05, 0.1) is 22.8 Å². The maximum atomic E-state index is 6.13. The van der Waals surface area contributed by atoms with E-state index in [-0.39, 0.29) is 6.04 Å². The summed E-state index contributed by atoms with van der Waals surface area (Å²) in [7, 11) is 0. The summed E-state index contributed by atoms with van der Waals surface area (Å²) in [5.74, 6) is 0.295. The van der Waals surface area contributed by atoms with Gasteiger partial charge in [-0.1, -0.05) is 109 Å². The molecule has 3 nitrogen and oxygen atoms in total. The Morgan fingerprint density at radius 3 is 2.20 bits per heavy atom. The molecule has 212 valence electrons. The standard InChI is InChI=1S/C42H28N2O/c1-2-12-29(13-3-1)43-37-18-7-4-15-31(37)34-22-23-35-32-16-5-8-19-38(32)44(42(35)41(34)43)30-14-10-11-27(25-30)28-21-24-40-36(26-28)33-17-6-9-20-39(33)45-40/h1-26,31,37H. The first-order valence-electron chi connectivity index (χ1n) is 15.6. The minimum atomic E-state index is 0.229. The van der Waals surface area contributed by atoms with E-state index < -0.39 is 0 Å². The molecule has 2 atom stereocenters. The molecule has 8 aromatic rings. The van der Waals surface area contributed by atoms with Gasteiger partial charge in [-0.25, -0.2) is 0 Å². The second kappa shape index (κ2) is 9.35. The second-order valence-corrected chi connectivity index (χ2v) is 12.1. The van der Waals surface area contributed by atoms with Crippen LogP contribution in [0.5, 0.6) is 0 Å². The van der Waals surface area contributed by atoms with Gasteiger partial charge in [-0.3, -0.25) is 0 Å². The normalized spacial score (nSPS) is 17.1.